The molecule has 120 valence electrons. The van der Waals surface area contributed by atoms with Gasteiger partial charge in [-0.1, -0.05) is 48.9 Å². The number of hydrogen-bond acceptors (Lipinski definition) is 2. The lowest BCUT2D eigenvalue weighted by Gasteiger charge is -2.34. The molecule has 0 saturated carbocycles. The molecule has 2 unspecified atom stereocenters. The van der Waals surface area contributed by atoms with E-state index in [-0.39, 0.29) is 0 Å². The van der Waals surface area contributed by atoms with Crippen molar-refractivity contribution >= 4 is 5.69 Å². The molecule has 0 aromatic heterocycles. The topological polar surface area (TPSA) is 15.3 Å². The molecule has 0 bridgehead atoms. The summed E-state index contributed by atoms with van der Waals surface area (Å²) in [4.78, 5) is 2.76. The van der Waals surface area contributed by atoms with E-state index in [1.165, 1.54) is 55.5 Å². The highest BCUT2D eigenvalue weighted by atomic mass is 15.2. The van der Waals surface area contributed by atoms with Gasteiger partial charge < -0.3 is 5.32 Å². The number of benzene rings is 2. The van der Waals surface area contributed by atoms with Crippen LogP contribution in [0.4, 0.5) is 5.69 Å². The van der Waals surface area contributed by atoms with Crippen molar-refractivity contribution in [3.63, 3.8) is 0 Å². The number of rotatable bonds is 4. The quantitative estimate of drug-likeness (QED) is 0.856. The summed E-state index contributed by atoms with van der Waals surface area (Å²) in [6.45, 7) is 2.18. The number of anilines is 1. The second-order valence-electron chi connectivity index (χ2n) is 6.94. The molecule has 2 aliphatic rings. The van der Waals surface area contributed by atoms with Gasteiger partial charge in [0.15, 0.2) is 0 Å². The average molecular weight is 306 g/mol. The molecule has 2 atom stereocenters. The molecular weight excluding hydrogens is 280 g/mol. The maximum atomic E-state index is 3.52. The number of nitrogens with zero attached hydrogens (tertiary/aromatic N) is 1. The second-order valence-corrected chi connectivity index (χ2v) is 6.94. The molecule has 2 aliphatic heterocycles. The lowest BCUT2D eigenvalue weighted by atomic mass is 10.0. The molecule has 0 radical (unpaired) electrons. The van der Waals surface area contributed by atoms with Gasteiger partial charge in [-0.2, -0.15) is 0 Å². The van der Waals surface area contributed by atoms with Gasteiger partial charge in [-0.15, -0.1) is 0 Å². The fourth-order valence-electron chi connectivity index (χ4n) is 4.24. The average Bonchev–Trinajstić information content (AvgIpc) is 3.05. The van der Waals surface area contributed by atoms with Gasteiger partial charge in [0.05, 0.1) is 0 Å². The zero-order chi connectivity index (χ0) is 15.5. The van der Waals surface area contributed by atoms with E-state index in [4.69, 9.17) is 0 Å². The molecule has 1 N–H and O–H groups in total. The molecule has 23 heavy (non-hydrogen) atoms. The first-order chi connectivity index (χ1) is 11.4. The first-order valence-corrected chi connectivity index (χ1v) is 9.04. The van der Waals surface area contributed by atoms with E-state index in [0.717, 1.165) is 12.6 Å². The highest BCUT2D eigenvalue weighted by Crippen LogP contribution is 2.40. The largest absolute Gasteiger partial charge is 0.381 e. The molecule has 2 heterocycles. The first-order valence-electron chi connectivity index (χ1n) is 9.04. The molecule has 0 spiro atoms. The molecule has 2 heteroatoms. The lowest BCUT2D eigenvalue weighted by molar-refractivity contribution is 0.150. The van der Waals surface area contributed by atoms with Crippen molar-refractivity contribution in [1.82, 2.24) is 4.90 Å². The Hall–Kier alpha value is -1.80. The van der Waals surface area contributed by atoms with Crippen LogP contribution in [-0.2, 0) is 6.54 Å². The van der Waals surface area contributed by atoms with Crippen LogP contribution in [0.1, 0.15) is 49.3 Å². The predicted molar refractivity (Wildman–Crippen MR) is 96.5 cm³/mol. The summed E-state index contributed by atoms with van der Waals surface area (Å²) < 4.78 is 0. The molecule has 0 amide bonds. The van der Waals surface area contributed by atoms with Crippen LogP contribution in [0.3, 0.4) is 0 Å². The Kier molecular flexibility index (Phi) is 4.34. The van der Waals surface area contributed by atoms with E-state index in [1.807, 2.05) is 0 Å². The number of hydrogen-bond donors (Lipinski definition) is 1. The molecule has 2 aromatic rings. The van der Waals surface area contributed by atoms with Crippen LogP contribution in [0.2, 0.25) is 0 Å². The monoisotopic (exact) mass is 306 g/mol. The number of piperidine rings is 1. The van der Waals surface area contributed by atoms with Gasteiger partial charge in [0, 0.05) is 24.3 Å². The summed E-state index contributed by atoms with van der Waals surface area (Å²) in [5, 5.41) is 3.52. The van der Waals surface area contributed by atoms with E-state index in [9.17, 15) is 0 Å². The third kappa shape index (κ3) is 3.28. The van der Waals surface area contributed by atoms with Crippen LogP contribution in [0.25, 0.3) is 0 Å². The highest BCUT2D eigenvalue weighted by molar-refractivity contribution is 5.46. The van der Waals surface area contributed by atoms with Crippen molar-refractivity contribution in [3.8, 4) is 0 Å². The fourth-order valence-corrected chi connectivity index (χ4v) is 4.24. The third-order valence-electron chi connectivity index (χ3n) is 5.48. The zero-order valence-electron chi connectivity index (χ0n) is 13.7. The van der Waals surface area contributed by atoms with Crippen molar-refractivity contribution in [2.75, 3.05) is 11.9 Å². The molecular formula is C21H26N2. The van der Waals surface area contributed by atoms with Crippen molar-refractivity contribution < 1.29 is 0 Å². The predicted octanol–water partition coefficient (Wildman–Crippen LogP) is 4.99. The summed E-state index contributed by atoms with van der Waals surface area (Å²) in [5.41, 5.74) is 4.04. The number of nitrogens with one attached hydrogen (secondary N) is 1. The van der Waals surface area contributed by atoms with Gasteiger partial charge in [0.25, 0.3) is 0 Å². The molecule has 0 aliphatic carbocycles. The molecule has 4 rings (SSSR count). The van der Waals surface area contributed by atoms with Gasteiger partial charge in [0.1, 0.15) is 0 Å². The van der Waals surface area contributed by atoms with E-state index in [2.05, 4.69) is 64.8 Å². The minimum Gasteiger partial charge on any atom is -0.381 e. The molecule has 2 saturated heterocycles. The summed E-state index contributed by atoms with van der Waals surface area (Å²) in [6, 6.07) is 21.2. The van der Waals surface area contributed by atoms with Crippen molar-refractivity contribution in [2.45, 2.75) is 50.7 Å². The molecule has 2 nitrogen and oxygen atoms in total. The Labute approximate surface area is 139 Å². The Balaban J connectivity index is 1.40. The Morgan fingerprint density at radius 3 is 2.52 bits per heavy atom. The molecule has 2 aromatic carbocycles. The van der Waals surface area contributed by atoms with Crippen LogP contribution in [-0.4, -0.2) is 17.5 Å². The first kappa shape index (κ1) is 14.8. The van der Waals surface area contributed by atoms with Gasteiger partial charge in [-0.25, -0.2) is 0 Å². The van der Waals surface area contributed by atoms with Crippen LogP contribution < -0.4 is 5.32 Å². The third-order valence-corrected chi connectivity index (χ3v) is 5.48. The minimum atomic E-state index is 0.656. The summed E-state index contributed by atoms with van der Waals surface area (Å²) in [5.74, 6) is 0. The molecule has 2 fully saturated rings. The maximum absolute atomic E-state index is 3.52. The lowest BCUT2D eigenvalue weighted by Crippen LogP contribution is -2.35. The smallest absolute Gasteiger partial charge is 0.0400 e. The van der Waals surface area contributed by atoms with Crippen LogP contribution in [0.5, 0.6) is 0 Å². The summed E-state index contributed by atoms with van der Waals surface area (Å²) in [6.07, 6.45) is 6.94. The minimum absolute atomic E-state index is 0.656. The van der Waals surface area contributed by atoms with E-state index in [1.54, 1.807) is 0 Å². The summed E-state index contributed by atoms with van der Waals surface area (Å²) in [7, 11) is 0. The van der Waals surface area contributed by atoms with Gasteiger partial charge >= 0.3 is 0 Å². The highest BCUT2D eigenvalue weighted by Gasteiger charge is 2.35. The van der Waals surface area contributed by atoms with Gasteiger partial charge in [-0.3, -0.25) is 4.90 Å². The van der Waals surface area contributed by atoms with E-state index in [0.29, 0.717) is 6.04 Å². The standard InChI is InChI=1S/C21H26N2/c1-2-6-17(7-3-1)16-22-19-11-9-18(10-12-19)21-14-13-20-8-4-5-15-23(20)21/h1-3,6-7,9-12,20-22H,4-5,8,13-16H2. The normalized spacial score (nSPS) is 24.3. The second kappa shape index (κ2) is 6.76. The number of fused-ring (bicyclic) bond motifs is 1. The van der Waals surface area contributed by atoms with Crippen molar-refractivity contribution in [3.05, 3.63) is 65.7 Å². The zero-order valence-corrected chi connectivity index (χ0v) is 13.7. The Bertz CT molecular complexity index is 620. The van der Waals surface area contributed by atoms with Gasteiger partial charge in [-0.05, 0) is 55.5 Å². The van der Waals surface area contributed by atoms with E-state index >= 15 is 0 Å². The van der Waals surface area contributed by atoms with Gasteiger partial charge in [0.2, 0.25) is 0 Å². The SMILES string of the molecule is c1ccc(CNc2ccc(C3CCC4CCCCN43)cc2)cc1. The van der Waals surface area contributed by atoms with Crippen LogP contribution in [0.15, 0.2) is 54.6 Å². The summed E-state index contributed by atoms with van der Waals surface area (Å²) >= 11 is 0. The Morgan fingerprint density at radius 2 is 1.70 bits per heavy atom. The Morgan fingerprint density at radius 1 is 0.870 bits per heavy atom. The van der Waals surface area contributed by atoms with Crippen LogP contribution >= 0.6 is 0 Å². The maximum Gasteiger partial charge on any atom is 0.0400 e. The van der Waals surface area contributed by atoms with Crippen LogP contribution in [0, 0.1) is 0 Å². The fraction of sp³-hybridized carbons (Fsp3) is 0.429. The van der Waals surface area contributed by atoms with Crippen molar-refractivity contribution in [1.29, 1.82) is 0 Å². The van der Waals surface area contributed by atoms with E-state index < -0.39 is 0 Å². The van der Waals surface area contributed by atoms with Crippen molar-refractivity contribution in [2.24, 2.45) is 0 Å².